The van der Waals surface area contributed by atoms with Crippen LogP contribution in [0.4, 0.5) is 0 Å². The number of nitrogens with one attached hydrogen (secondary N) is 1. The summed E-state index contributed by atoms with van der Waals surface area (Å²) in [5, 5.41) is 11.1. The van der Waals surface area contributed by atoms with Crippen LogP contribution >= 0.6 is 0 Å². The molecular weight excluding hydrogens is 268 g/mol. The molecule has 21 heavy (non-hydrogen) atoms. The Bertz CT molecular complexity index is 715. The van der Waals surface area contributed by atoms with Gasteiger partial charge in [0, 0.05) is 19.1 Å². The molecule has 0 aliphatic heterocycles. The van der Waals surface area contributed by atoms with E-state index in [0.717, 1.165) is 11.3 Å². The van der Waals surface area contributed by atoms with Crippen LogP contribution in [0.15, 0.2) is 34.9 Å². The van der Waals surface area contributed by atoms with E-state index >= 15 is 0 Å². The highest BCUT2D eigenvalue weighted by Gasteiger charge is 2.12. The van der Waals surface area contributed by atoms with E-state index in [4.69, 9.17) is 9.26 Å². The van der Waals surface area contributed by atoms with Gasteiger partial charge < -0.3 is 9.26 Å². The fraction of sp³-hybridized carbons (Fsp3) is 0.267. The SMILES string of the molecule is COCCc1noc(-c2cc(-c3ccc(C)cc3)n[nH]2)n1. The lowest BCUT2D eigenvalue weighted by Gasteiger charge is -1.95. The van der Waals surface area contributed by atoms with Gasteiger partial charge in [0.1, 0.15) is 5.69 Å². The van der Waals surface area contributed by atoms with Gasteiger partial charge in [-0.15, -0.1) is 0 Å². The van der Waals surface area contributed by atoms with Crippen molar-refractivity contribution in [3.63, 3.8) is 0 Å². The van der Waals surface area contributed by atoms with Crippen molar-refractivity contribution in [2.24, 2.45) is 0 Å². The molecule has 0 aliphatic rings. The second kappa shape index (κ2) is 5.88. The molecule has 3 rings (SSSR count). The van der Waals surface area contributed by atoms with Crippen LogP contribution in [0.2, 0.25) is 0 Å². The summed E-state index contributed by atoms with van der Waals surface area (Å²) in [6.07, 6.45) is 0.624. The average molecular weight is 284 g/mol. The molecule has 3 aromatic rings. The van der Waals surface area contributed by atoms with Gasteiger partial charge in [0.25, 0.3) is 5.89 Å². The zero-order valence-electron chi connectivity index (χ0n) is 12.0. The molecule has 0 bridgehead atoms. The molecule has 0 spiro atoms. The summed E-state index contributed by atoms with van der Waals surface area (Å²) in [4.78, 5) is 4.31. The van der Waals surface area contributed by atoms with E-state index < -0.39 is 0 Å². The van der Waals surface area contributed by atoms with Gasteiger partial charge >= 0.3 is 0 Å². The molecule has 6 heteroatoms. The van der Waals surface area contributed by atoms with Gasteiger partial charge in [-0.3, -0.25) is 5.10 Å². The van der Waals surface area contributed by atoms with Gasteiger partial charge in [-0.25, -0.2) is 0 Å². The molecule has 108 valence electrons. The normalized spacial score (nSPS) is 11.0. The number of nitrogens with zero attached hydrogens (tertiary/aromatic N) is 3. The standard InChI is InChI=1S/C15H16N4O2/c1-10-3-5-11(6-4-10)12-9-13(18-17-12)15-16-14(19-21-15)7-8-20-2/h3-6,9H,7-8H2,1-2H3,(H,17,18). The Morgan fingerprint density at radius 3 is 2.81 bits per heavy atom. The van der Waals surface area contributed by atoms with E-state index in [9.17, 15) is 0 Å². The predicted octanol–water partition coefficient (Wildman–Crippen LogP) is 2.62. The predicted molar refractivity (Wildman–Crippen MR) is 77.6 cm³/mol. The van der Waals surface area contributed by atoms with Crippen molar-refractivity contribution in [2.45, 2.75) is 13.3 Å². The van der Waals surface area contributed by atoms with Crippen LogP contribution in [0.5, 0.6) is 0 Å². The summed E-state index contributed by atoms with van der Waals surface area (Å²) in [6.45, 7) is 2.62. The molecule has 0 saturated heterocycles. The highest BCUT2D eigenvalue weighted by molar-refractivity contribution is 5.64. The third-order valence-electron chi connectivity index (χ3n) is 3.15. The third-order valence-corrected chi connectivity index (χ3v) is 3.15. The average Bonchev–Trinajstić information content (AvgIpc) is 3.15. The molecule has 0 unspecified atom stereocenters. The van der Waals surface area contributed by atoms with Crippen LogP contribution < -0.4 is 0 Å². The minimum atomic E-state index is 0.437. The number of hydrogen-bond donors (Lipinski definition) is 1. The minimum Gasteiger partial charge on any atom is -0.384 e. The molecule has 0 fully saturated rings. The first-order valence-corrected chi connectivity index (χ1v) is 6.70. The van der Waals surface area contributed by atoms with Crippen LogP contribution in [-0.2, 0) is 11.2 Å². The van der Waals surface area contributed by atoms with Crippen molar-refractivity contribution in [1.82, 2.24) is 20.3 Å². The maximum atomic E-state index is 5.23. The monoisotopic (exact) mass is 284 g/mol. The van der Waals surface area contributed by atoms with Gasteiger partial charge in [-0.2, -0.15) is 10.1 Å². The van der Waals surface area contributed by atoms with E-state index in [1.807, 2.05) is 18.2 Å². The van der Waals surface area contributed by atoms with Crippen molar-refractivity contribution in [2.75, 3.05) is 13.7 Å². The van der Waals surface area contributed by atoms with Gasteiger partial charge in [-0.05, 0) is 13.0 Å². The zero-order chi connectivity index (χ0) is 14.7. The van der Waals surface area contributed by atoms with Crippen molar-refractivity contribution in [1.29, 1.82) is 0 Å². The second-order valence-electron chi connectivity index (χ2n) is 4.79. The second-order valence-corrected chi connectivity index (χ2v) is 4.79. The molecule has 2 heterocycles. The van der Waals surface area contributed by atoms with Crippen LogP contribution in [0, 0.1) is 6.92 Å². The Balaban J connectivity index is 1.81. The number of methoxy groups -OCH3 is 1. The molecule has 0 saturated carbocycles. The first kappa shape index (κ1) is 13.5. The molecule has 0 amide bonds. The number of hydrogen-bond acceptors (Lipinski definition) is 5. The number of aromatic amines is 1. The summed E-state index contributed by atoms with van der Waals surface area (Å²) in [6, 6.07) is 10.1. The zero-order valence-corrected chi connectivity index (χ0v) is 12.0. The maximum absolute atomic E-state index is 5.23. The smallest absolute Gasteiger partial charge is 0.275 e. The van der Waals surface area contributed by atoms with Gasteiger partial charge in [0.05, 0.1) is 12.3 Å². The highest BCUT2D eigenvalue weighted by Crippen LogP contribution is 2.23. The molecule has 0 aliphatic carbocycles. The first-order chi connectivity index (χ1) is 10.3. The molecule has 1 aromatic carbocycles. The van der Waals surface area contributed by atoms with E-state index in [1.165, 1.54) is 5.56 Å². The Morgan fingerprint density at radius 1 is 1.24 bits per heavy atom. The Morgan fingerprint density at radius 2 is 2.05 bits per heavy atom. The van der Waals surface area contributed by atoms with Crippen molar-refractivity contribution >= 4 is 0 Å². The molecular formula is C15H16N4O2. The van der Waals surface area contributed by atoms with Crippen LogP contribution in [0.1, 0.15) is 11.4 Å². The van der Waals surface area contributed by atoms with Crippen LogP contribution in [0.25, 0.3) is 22.8 Å². The Labute approximate surface area is 122 Å². The fourth-order valence-electron chi connectivity index (χ4n) is 1.96. The molecule has 0 radical (unpaired) electrons. The summed E-state index contributed by atoms with van der Waals surface area (Å²) >= 11 is 0. The van der Waals surface area contributed by atoms with Crippen molar-refractivity contribution < 1.29 is 9.26 Å². The quantitative estimate of drug-likeness (QED) is 0.779. The maximum Gasteiger partial charge on any atom is 0.275 e. The van der Waals surface area contributed by atoms with E-state index in [1.54, 1.807) is 7.11 Å². The summed E-state index contributed by atoms with van der Waals surface area (Å²) in [5.41, 5.74) is 3.82. The molecule has 6 nitrogen and oxygen atoms in total. The summed E-state index contributed by atoms with van der Waals surface area (Å²) in [7, 11) is 1.64. The lowest BCUT2D eigenvalue weighted by Crippen LogP contribution is -1.96. The largest absolute Gasteiger partial charge is 0.384 e. The van der Waals surface area contributed by atoms with Gasteiger partial charge in [0.2, 0.25) is 0 Å². The first-order valence-electron chi connectivity index (χ1n) is 6.70. The summed E-state index contributed by atoms with van der Waals surface area (Å²) < 4.78 is 10.2. The van der Waals surface area contributed by atoms with Gasteiger partial charge in [-0.1, -0.05) is 35.0 Å². The number of aryl methyl sites for hydroxylation is 1. The molecule has 2 aromatic heterocycles. The van der Waals surface area contributed by atoms with Crippen LogP contribution in [-0.4, -0.2) is 34.1 Å². The lowest BCUT2D eigenvalue weighted by atomic mass is 10.1. The number of H-pyrrole nitrogens is 1. The van der Waals surface area contributed by atoms with E-state index in [0.29, 0.717) is 30.4 Å². The van der Waals surface area contributed by atoms with Crippen LogP contribution in [0.3, 0.4) is 0 Å². The number of rotatable bonds is 5. The van der Waals surface area contributed by atoms with Crippen molar-refractivity contribution in [3.8, 4) is 22.8 Å². The minimum absolute atomic E-state index is 0.437. The number of aromatic nitrogens is 4. The van der Waals surface area contributed by atoms with Crippen molar-refractivity contribution in [3.05, 3.63) is 41.7 Å². The highest BCUT2D eigenvalue weighted by atomic mass is 16.5. The van der Waals surface area contributed by atoms with E-state index in [-0.39, 0.29) is 0 Å². The number of benzene rings is 1. The van der Waals surface area contributed by atoms with Gasteiger partial charge in [0.15, 0.2) is 5.82 Å². The van der Waals surface area contributed by atoms with E-state index in [2.05, 4.69) is 39.4 Å². The lowest BCUT2D eigenvalue weighted by molar-refractivity contribution is 0.199. The molecule has 0 atom stereocenters. The fourth-order valence-corrected chi connectivity index (χ4v) is 1.96. The Kier molecular flexibility index (Phi) is 3.79. The number of ether oxygens (including phenoxy) is 1. The molecule has 1 N–H and O–H groups in total. The third kappa shape index (κ3) is 3.00. The summed E-state index contributed by atoms with van der Waals surface area (Å²) in [5.74, 6) is 1.06. The topological polar surface area (TPSA) is 76.8 Å². The Hall–Kier alpha value is -2.47.